The molecule has 0 saturated carbocycles. The van der Waals surface area contributed by atoms with Gasteiger partial charge in [-0.05, 0) is 37.3 Å². The molecule has 0 spiro atoms. The summed E-state index contributed by atoms with van der Waals surface area (Å²) in [6.07, 6.45) is 0. The SMILES string of the molecule is COc1ccc(NC(=O)C(C)n2nc(-c3ccccc3)ccc2=O)cc1. The Balaban J connectivity index is 1.83. The maximum atomic E-state index is 12.5. The first kappa shape index (κ1) is 17.4. The zero-order valence-electron chi connectivity index (χ0n) is 14.5. The summed E-state index contributed by atoms with van der Waals surface area (Å²) in [7, 11) is 1.58. The van der Waals surface area contributed by atoms with E-state index >= 15 is 0 Å². The van der Waals surface area contributed by atoms with Gasteiger partial charge in [0.25, 0.3) is 5.56 Å². The number of aromatic nitrogens is 2. The zero-order valence-corrected chi connectivity index (χ0v) is 14.5. The summed E-state index contributed by atoms with van der Waals surface area (Å²) >= 11 is 0. The molecule has 26 heavy (non-hydrogen) atoms. The van der Waals surface area contributed by atoms with Gasteiger partial charge >= 0.3 is 0 Å². The molecule has 0 saturated heterocycles. The Morgan fingerprint density at radius 2 is 1.73 bits per heavy atom. The second-order valence-corrected chi connectivity index (χ2v) is 5.76. The molecule has 1 atom stereocenters. The van der Waals surface area contributed by atoms with Gasteiger partial charge in [0.15, 0.2) is 0 Å². The van der Waals surface area contributed by atoms with Gasteiger partial charge in [-0.25, -0.2) is 4.68 Å². The Kier molecular flexibility index (Phi) is 5.12. The van der Waals surface area contributed by atoms with Gasteiger partial charge in [0.1, 0.15) is 11.8 Å². The summed E-state index contributed by atoms with van der Waals surface area (Å²) in [5.74, 6) is 0.375. The fourth-order valence-electron chi connectivity index (χ4n) is 2.50. The molecule has 6 nitrogen and oxygen atoms in total. The summed E-state index contributed by atoms with van der Waals surface area (Å²) in [5, 5.41) is 7.14. The maximum Gasteiger partial charge on any atom is 0.267 e. The van der Waals surface area contributed by atoms with Crippen LogP contribution in [0.15, 0.2) is 71.5 Å². The van der Waals surface area contributed by atoms with E-state index in [1.165, 1.54) is 10.7 Å². The van der Waals surface area contributed by atoms with Gasteiger partial charge in [0.2, 0.25) is 5.91 Å². The lowest BCUT2D eigenvalue weighted by molar-refractivity contribution is -0.119. The smallest absolute Gasteiger partial charge is 0.267 e. The molecule has 1 amide bonds. The van der Waals surface area contributed by atoms with Crippen LogP contribution in [0.4, 0.5) is 5.69 Å². The summed E-state index contributed by atoms with van der Waals surface area (Å²) < 4.78 is 6.29. The number of benzene rings is 2. The molecule has 2 aromatic carbocycles. The van der Waals surface area contributed by atoms with Crippen molar-refractivity contribution in [1.29, 1.82) is 0 Å². The van der Waals surface area contributed by atoms with Crippen LogP contribution in [0.3, 0.4) is 0 Å². The molecule has 1 N–H and O–H groups in total. The number of nitrogens with zero attached hydrogens (tertiary/aromatic N) is 2. The van der Waals surface area contributed by atoms with Crippen LogP contribution in [0.1, 0.15) is 13.0 Å². The predicted octanol–water partition coefficient (Wildman–Crippen LogP) is 3.12. The zero-order chi connectivity index (χ0) is 18.5. The van der Waals surface area contributed by atoms with E-state index in [1.54, 1.807) is 44.4 Å². The first-order valence-corrected chi connectivity index (χ1v) is 8.18. The van der Waals surface area contributed by atoms with Gasteiger partial charge in [-0.3, -0.25) is 9.59 Å². The van der Waals surface area contributed by atoms with E-state index < -0.39 is 6.04 Å². The maximum absolute atomic E-state index is 12.5. The Morgan fingerprint density at radius 1 is 1.04 bits per heavy atom. The van der Waals surface area contributed by atoms with Crippen LogP contribution in [-0.2, 0) is 4.79 Å². The average molecular weight is 349 g/mol. The second kappa shape index (κ2) is 7.65. The van der Waals surface area contributed by atoms with Gasteiger partial charge < -0.3 is 10.1 Å². The molecule has 1 aromatic heterocycles. The van der Waals surface area contributed by atoms with Crippen LogP contribution in [0.25, 0.3) is 11.3 Å². The van der Waals surface area contributed by atoms with Crippen molar-refractivity contribution < 1.29 is 9.53 Å². The molecule has 0 aliphatic rings. The van der Waals surface area contributed by atoms with Gasteiger partial charge in [-0.1, -0.05) is 30.3 Å². The van der Waals surface area contributed by atoms with Crippen LogP contribution in [0.2, 0.25) is 0 Å². The summed E-state index contributed by atoms with van der Waals surface area (Å²) in [6.45, 7) is 1.64. The number of hydrogen-bond donors (Lipinski definition) is 1. The minimum atomic E-state index is -0.756. The fourth-order valence-corrected chi connectivity index (χ4v) is 2.50. The monoisotopic (exact) mass is 349 g/mol. The van der Waals surface area contributed by atoms with Crippen molar-refractivity contribution in [2.45, 2.75) is 13.0 Å². The number of ether oxygens (including phenoxy) is 1. The van der Waals surface area contributed by atoms with E-state index in [4.69, 9.17) is 4.74 Å². The molecule has 0 aliphatic carbocycles. The third-order valence-corrected chi connectivity index (χ3v) is 4.00. The lowest BCUT2D eigenvalue weighted by Crippen LogP contribution is -2.33. The molecule has 0 bridgehead atoms. The molecule has 0 radical (unpaired) electrons. The predicted molar refractivity (Wildman–Crippen MR) is 100 cm³/mol. The highest BCUT2D eigenvalue weighted by Gasteiger charge is 2.18. The lowest BCUT2D eigenvalue weighted by atomic mass is 10.1. The first-order chi connectivity index (χ1) is 12.6. The van der Waals surface area contributed by atoms with E-state index in [2.05, 4.69) is 10.4 Å². The minimum absolute atomic E-state index is 0.324. The number of carbonyl (C=O) groups is 1. The van der Waals surface area contributed by atoms with Gasteiger partial charge in [0, 0.05) is 17.3 Å². The molecule has 0 aliphatic heterocycles. The summed E-state index contributed by atoms with van der Waals surface area (Å²) in [5.41, 5.74) is 1.80. The van der Waals surface area contributed by atoms with E-state index in [0.717, 1.165) is 5.56 Å². The van der Waals surface area contributed by atoms with Crippen LogP contribution >= 0.6 is 0 Å². The number of hydrogen-bond acceptors (Lipinski definition) is 4. The van der Waals surface area contributed by atoms with Gasteiger partial charge in [-0.2, -0.15) is 5.10 Å². The van der Waals surface area contributed by atoms with E-state index in [0.29, 0.717) is 17.1 Å². The first-order valence-electron chi connectivity index (χ1n) is 8.18. The largest absolute Gasteiger partial charge is 0.497 e. The van der Waals surface area contributed by atoms with Gasteiger partial charge in [0.05, 0.1) is 12.8 Å². The molecule has 6 heteroatoms. The number of anilines is 1. The van der Waals surface area contributed by atoms with Crippen LogP contribution in [0.5, 0.6) is 5.75 Å². The highest BCUT2D eigenvalue weighted by atomic mass is 16.5. The van der Waals surface area contributed by atoms with E-state index in [-0.39, 0.29) is 11.5 Å². The molecular weight excluding hydrogens is 330 g/mol. The third-order valence-electron chi connectivity index (χ3n) is 4.00. The fraction of sp³-hybridized carbons (Fsp3) is 0.150. The number of amides is 1. The molecule has 132 valence electrons. The van der Waals surface area contributed by atoms with Crippen LogP contribution in [0, 0.1) is 0 Å². The van der Waals surface area contributed by atoms with Crippen molar-refractivity contribution in [3.8, 4) is 17.0 Å². The van der Waals surface area contributed by atoms with Crippen molar-refractivity contribution in [3.63, 3.8) is 0 Å². The quantitative estimate of drug-likeness (QED) is 0.768. The minimum Gasteiger partial charge on any atom is -0.497 e. The van der Waals surface area contributed by atoms with E-state index in [9.17, 15) is 9.59 Å². The van der Waals surface area contributed by atoms with Crippen molar-refractivity contribution in [1.82, 2.24) is 9.78 Å². The normalized spacial score (nSPS) is 11.6. The number of rotatable bonds is 5. The van der Waals surface area contributed by atoms with Crippen molar-refractivity contribution in [3.05, 3.63) is 77.1 Å². The number of methoxy groups -OCH3 is 1. The topological polar surface area (TPSA) is 73.2 Å². The standard InChI is InChI=1S/C20H19N3O3/c1-14(20(25)21-16-8-10-17(26-2)11-9-16)23-19(24)13-12-18(22-23)15-6-4-3-5-7-15/h3-14H,1-2H3,(H,21,25). The summed E-state index contributed by atoms with van der Waals surface area (Å²) in [4.78, 5) is 24.7. The molecule has 1 heterocycles. The Morgan fingerprint density at radius 3 is 2.38 bits per heavy atom. The highest BCUT2D eigenvalue weighted by molar-refractivity contribution is 5.93. The molecular formula is C20H19N3O3. The van der Waals surface area contributed by atoms with Crippen molar-refractivity contribution in [2.75, 3.05) is 12.4 Å². The Hall–Kier alpha value is -3.41. The summed E-state index contributed by atoms with van der Waals surface area (Å²) in [6, 6.07) is 18.8. The van der Waals surface area contributed by atoms with Gasteiger partial charge in [-0.15, -0.1) is 0 Å². The van der Waals surface area contributed by atoms with Crippen molar-refractivity contribution in [2.24, 2.45) is 0 Å². The van der Waals surface area contributed by atoms with Crippen molar-refractivity contribution >= 4 is 11.6 Å². The van der Waals surface area contributed by atoms with Crippen LogP contribution < -0.4 is 15.6 Å². The highest BCUT2D eigenvalue weighted by Crippen LogP contribution is 2.18. The number of nitrogens with one attached hydrogen (secondary N) is 1. The number of carbonyl (C=O) groups excluding carboxylic acids is 1. The Bertz CT molecular complexity index is 950. The van der Waals surface area contributed by atoms with Crippen LogP contribution in [-0.4, -0.2) is 22.8 Å². The molecule has 3 aromatic rings. The Labute approximate surface area is 151 Å². The lowest BCUT2D eigenvalue weighted by Gasteiger charge is -2.15. The third kappa shape index (κ3) is 3.80. The average Bonchev–Trinajstić information content (AvgIpc) is 2.69. The second-order valence-electron chi connectivity index (χ2n) is 5.76. The molecule has 1 unspecified atom stereocenters. The molecule has 0 fully saturated rings. The molecule has 3 rings (SSSR count). The van der Waals surface area contributed by atoms with E-state index in [1.807, 2.05) is 30.3 Å².